The SMILES string of the molecule is O=[N+]([O-])c1ccc(O[C@@H]2OC[C@@H](O)[C@H](O)[C@H]2O)cc1[N+](=O)[O-]. The minimum atomic E-state index is -1.59. The van der Waals surface area contributed by atoms with Crippen LogP contribution in [0.4, 0.5) is 11.4 Å². The number of nitro benzene ring substituents is 2. The average molecular weight is 316 g/mol. The Morgan fingerprint density at radius 2 is 1.73 bits per heavy atom. The van der Waals surface area contributed by atoms with E-state index in [1.54, 1.807) is 0 Å². The van der Waals surface area contributed by atoms with Gasteiger partial charge in [0.05, 0.1) is 22.5 Å². The normalized spacial score (nSPS) is 28.1. The molecule has 0 unspecified atom stereocenters. The Labute approximate surface area is 122 Å². The van der Waals surface area contributed by atoms with Gasteiger partial charge in [0, 0.05) is 6.07 Å². The van der Waals surface area contributed by atoms with Gasteiger partial charge >= 0.3 is 11.4 Å². The Bertz CT molecular complexity index is 593. The molecule has 11 nitrogen and oxygen atoms in total. The molecule has 0 aromatic heterocycles. The van der Waals surface area contributed by atoms with Crippen LogP contribution in [-0.4, -0.2) is 56.4 Å². The Balaban J connectivity index is 2.22. The Morgan fingerprint density at radius 3 is 2.32 bits per heavy atom. The van der Waals surface area contributed by atoms with Crippen molar-refractivity contribution in [3.63, 3.8) is 0 Å². The van der Waals surface area contributed by atoms with Crippen molar-refractivity contribution >= 4 is 11.4 Å². The van der Waals surface area contributed by atoms with Crippen molar-refractivity contribution in [1.82, 2.24) is 0 Å². The third-order valence-electron chi connectivity index (χ3n) is 3.05. The Morgan fingerprint density at radius 1 is 1.09 bits per heavy atom. The van der Waals surface area contributed by atoms with Crippen molar-refractivity contribution in [2.24, 2.45) is 0 Å². The van der Waals surface area contributed by atoms with Crippen molar-refractivity contribution in [1.29, 1.82) is 0 Å². The predicted molar refractivity (Wildman–Crippen MR) is 68.1 cm³/mol. The predicted octanol–water partition coefficient (Wildman–Crippen LogP) is -0.679. The third-order valence-corrected chi connectivity index (χ3v) is 3.05. The molecule has 1 aliphatic rings. The zero-order chi connectivity index (χ0) is 16.4. The molecule has 1 fully saturated rings. The van der Waals surface area contributed by atoms with E-state index < -0.39 is 45.8 Å². The number of hydrogen-bond acceptors (Lipinski definition) is 9. The fourth-order valence-electron chi connectivity index (χ4n) is 1.89. The maximum Gasteiger partial charge on any atom is 0.349 e. The number of aliphatic hydroxyl groups excluding tert-OH is 3. The van der Waals surface area contributed by atoms with Crippen LogP contribution in [0.25, 0.3) is 0 Å². The standard InChI is InChI=1S/C11H12N2O9/c14-8-4-21-11(10(16)9(8)15)22-5-1-2-6(12(17)18)7(3-5)13(19)20/h1-3,8-11,14-16H,4H2/t8-,9+,10-,11+/m1/s1. The Kier molecular flexibility index (Phi) is 4.51. The van der Waals surface area contributed by atoms with Crippen LogP contribution in [0, 0.1) is 20.2 Å². The Hall–Kier alpha value is -2.34. The molecule has 1 aromatic carbocycles. The van der Waals surface area contributed by atoms with Crippen LogP contribution in [0.15, 0.2) is 18.2 Å². The van der Waals surface area contributed by atoms with Crippen LogP contribution in [0.5, 0.6) is 5.75 Å². The first-order valence-corrected chi connectivity index (χ1v) is 6.06. The number of hydrogen-bond donors (Lipinski definition) is 3. The van der Waals surface area contributed by atoms with Gasteiger partial charge in [0.1, 0.15) is 24.1 Å². The molecular weight excluding hydrogens is 304 g/mol. The van der Waals surface area contributed by atoms with Gasteiger partial charge in [-0.05, 0) is 6.07 Å². The fourth-order valence-corrected chi connectivity index (χ4v) is 1.89. The zero-order valence-corrected chi connectivity index (χ0v) is 10.9. The first kappa shape index (κ1) is 16.0. The molecule has 3 N–H and O–H groups in total. The monoisotopic (exact) mass is 316 g/mol. The summed E-state index contributed by atoms with van der Waals surface area (Å²) in [5, 5.41) is 50.0. The second kappa shape index (κ2) is 6.19. The lowest BCUT2D eigenvalue weighted by atomic mass is 10.1. The fraction of sp³-hybridized carbons (Fsp3) is 0.455. The van der Waals surface area contributed by atoms with E-state index in [0.29, 0.717) is 0 Å². The van der Waals surface area contributed by atoms with Gasteiger partial charge in [0.15, 0.2) is 0 Å². The highest BCUT2D eigenvalue weighted by molar-refractivity contribution is 5.55. The van der Waals surface area contributed by atoms with Crippen molar-refractivity contribution in [2.45, 2.75) is 24.6 Å². The van der Waals surface area contributed by atoms with Crippen LogP contribution in [0.3, 0.4) is 0 Å². The quantitative estimate of drug-likeness (QED) is 0.481. The molecule has 4 atom stereocenters. The summed E-state index contributed by atoms with van der Waals surface area (Å²) in [6.07, 6.45) is -5.76. The van der Waals surface area contributed by atoms with E-state index in [-0.39, 0.29) is 12.4 Å². The number of nitrogens with zero attached hydrogens (tertiary/aromatic N) is 2. The molecule has 1 aromatic rings. The smallest absolute Gasteiger partial charge is 0.349 e. The minimum absolute atomic E-state index is 0.162. The lowest BCUT2D eigenvalue weighted by Gasteiger charge is -2.34. The first-order valence-electron chi connectivity index (χ1n) is 6.06. The number of benzene rings is 1. The summed E-state index contributed by atoms with van der Waals surface area (Å²) in [7, 11) is 0. The third kappa shape index (κ3) is 3.12. The van der Waals surface area contributed by atoms with Crippen molar-refractivity contribution < 1.29 is 34.6 Å². The number of aliphatic hydroxyl groups is 3. The van der Waals surface area contributed by atoms with Gasteiger partial charge < -0.3 is 24.8 Å². The first-order chi connectivity index (χ1) is 10.3. The lowest BCUT2D eigenvalue weighted by molar-refractivity contribution is -0.422. The van der Waals surface area contributed by atoms with Crippen molar-refractivity contribution in [3.8, 4) is 5.75 Å². The molecule has 0 radical (unpaired) electrons. The van der Waals surface area contributed by atoms with Gasteiger partial charge in [-0.25, -0.2) is 0 Å². The molecule has 22 heavy (non-hydrogen) atoms. The van der Waals surface area contributed by atoms with Crippen LogP contribution in [0.1, 0.15) is 0 Å². The van der Waals surface area contributed by atoms with Gasteiger partial charge in [0.25, 0.3) is 0 Å². The summed E-state index contributed by atoms with van der Waals surface area (Å²) in [4.78, 5) is 19.7. The summed E-state index contributed by atoms with van der Waals surface area (Å²) in [5.74, 6) is -0.162. The molecular formula is C11H12N2O9. The molecule has 1 aliphatic heterocycles. The van der Waals surface area contributed by atoms with Gasteiger partial charge in [-0.3, -0.25) is 20.2 Å². The highest BCUT2D eigenvalue weighted by Gasteiger charge is 2.39. The highest BCUT2D eigenvalue weighted by atomic mass is 16.7. The molecule has 0 amide bonds. The highest BCUT2D eigenvalue weighted by Crippen LogP contribution is 2.32. The van der Waals surface area contributed by atoms with E-state index in [0.717, 1.165) is 18.2 Å². The lowest BCUT2D eigenvalue weighted by Crippen LogP contribution is -2.54. The minimum Gasteiger partial charge on any atom is -0.462 e. The van der Waals surface area contributed by atoms with E-state index >= 15 is 0 Å². The molecule has 0 spiro atoms. The van der Waals surface area contributed by atoms with Crippen LogP contribution in [-0.2, 0) is 4.74 Å². The van der Waals surface area contributed by atoms with Gasteiger partial charge in [-0.1, -0.05) is 0 Å². The molecule has 11 heteroatoms. The van der Waals surface area contributed by atoms with Crippen molar-refractivity contribution in [3.05, 3.63) is 38.4 Å². The molecule has 0 saturated carbocycles. The van der Waals surface area contributed by atoms with Crippen LogP contribution in [0.2, 0.25) is 0 Å². The number of ether oxygens (including phenoxy) is 2. The zero-order valence-electron chi connectivity index (χ0n) is 10.9. The van der Waals surface area contributed by atoms with Gasteiger partial charge in [-0.2, -0.15) is 0 Å². The van der Waals surface area contributed by atoms with Gasteiger partial charge in [0.2, 0.25) is 6.29 Å². The number of nitro groups is 2. The maximum absolute atomic E-state index is 10.8. The summed E-state index contributed by atoms with van der Waals surface area (Å²) < 4.78 is 10.1. The maximum atomic E-state index is 10.8. The van der Waals surface area contributed by atoms with Crippen LogP contribution >= 0.6 is 0 Å². The molecule has 0 bridgehead atoms. The molecule has 120 valence electrons. The second-order valence-electron chi connectivity index (χ2n) is 4.53. The molecule has 1 heterocycles. The van der Waals surface area contributed by atoms with Crippen molar-refractivity contribution in [2.75, 3.05) is 6.61 Å². The summed E-state index contributed by atoms with van der Waals surface area (Å²) in [6.45, 7) is -0.308. The molecule has 0 aliphatic carbocycles. The van der Waals surface area contributed by atoms with Gasteiger partial charge in [-0.15, -0.1) is 0 Å². The van der Waals surface area contributed by atoms with E-state index in [1.807, 2.05) is 0 Å². The second-order valence-corrected chi connectivity index (χ2v) is 4.53. The topological polar surface area (TPSA) is 165 Å². The van der Waals surface area contributed by atoms with E-state index in [2.05, 4.69) is 0 Å². The van der Waals surface area contributed by atoms with E-state index in [1.165, 1.54) is 0 Å². The molecule has 2 rings (SSSR count). The summed E-state index contributed by atoms with van der Waals surface area (Å²) in [5.41, 5.74) is -1.49. The van der Waals surface area contributed by atoms with E-state index in [4.69, 9.17) is 9.47 Å². The summed E-state index contributed by atoms with van der Waals surface area (Å²) in [6, 6.07) is 2.79. The largest absolute Gasteiger partial charge is 0.462 e. The average Bonchev–Trinajstić information content (AvgIpc) is 2.47. The molecule has 1 saturated heterocycles. The number of rotatable bonds is 4. The summed E-state index contributed by atoms with van der Waals surface area (Å²) >= 11 is 0. The van der Waals surface area contributed by atoms with E-state index in [9.17, 15) is 35.5 Å². The van der Waals surface area contributed by atoms with Crippen LogP contribution < -0.4 is 4.74 Å².